The van der Waals surface area contributed by atoms with Crippen LogP contribution in [0, 0.1) is 0 Å². The van der Waals surface area contributed by atoms with Crippen LogP contribution in [0.25, 0.3) is 0 Å². The summed E-state index contributed by atoms with van der Waals surface area (Å²) in [6.07, 6.45) is 26.3. The van der Waals surface area contributed by atoms with Gasteiger partial charge in [0.15, 0.2) is 5.90 Å². The molecular formula is C24H45NO. The van der Waals surface area contributed by atoms with Gasteiger partial charge in [0.2, 0.25) is 0 Å². The zero-order valence-electron chi connectivity index (χ0n) is 18.0. The SMILES string of the molecule is CCCCCC/C=C\CCCCCCCCCCCC1=NC(C)(C)CO1. The molecule has 1 heterocycles. The van der Waals surface area contributed by atoms with Gasteiger partial charge in [-0.05, 0) is 46.0 Å². The highest BCUT2D eigenvalue weighted by Crippen LogP contribution is 2.20. The summed E-state index contributed by atoms with van der Waals surface area (Å²) in [4.78, 5) is 4.62. The standard InChI is InChI=1S/C24H45NO/c1-4-5-6-7-8-9-10-11-12-13-14-15-16-17-18-19-20-21-23-25-24(2,3)22-26-23/h9-10H,4-8,11-22H2,1-3H3/b10-9-. The second-order valence-electron chi connectivity index (χ2n) is 8.65. The fourth-order valence-electron chi connectivity index (χ4n) is 3.49. The maximum absolute atomic E-state index is 5.64. The van der Waals surface area contributed by atoms with E-state index in [1.165, 1.54) is 96.3 Å². The number of ether oxygens (including phenoxy) is 1. The first-order valence-electron chi connectivity index (χ1n) is 11.5. The number of aliphatic imine (C=N–C) groups is 1. The molecule has 0 bridgehead atoms. The van der Waals surface area contributed by atoms with Gasteiger partial charge in [0.05, 0.1) is 5.54 Å². The van der Waals surface area contributed by atoms with E-state index < -0.39 is 0 Å². The van der Waals surface area contributed by atoms with Crippen molar-refractivity contribution in [3.05, 3.63) is 12.2 Å². The lowest BCUT2D eigenvalue weighted by atomic mass is 10.1. The maximum atomic E-state index is 5.64. The van der Waals surface area contributed by atoms with E-state index in [-0.39, 0.29) is 5.54 Å². The summed E-state index contributed by atoms with van der Waals surface area (Å²) in [6.45, 7) is 7.33. The lowest BCUT2D eigenvalue weighted by Gasteiger charge is -2.07. The van der Waals surface area contributed by atoms with Crippen LogP contribution in [0.1, 0.15) is 124 Å². The van der Waals surface area contributed by atoms with E-state index >= 15 is 0 Å². The lowest BCUT2D eigenvalue weighted by molar-refractivity contribution is 0.273. The predicted molar refractivity (Wildman–Crippen MR) is 116 cm³/mol. The Bertz CT molecular complexity index is 384. The van der Waals surface area contributed by atoms with E-state index in [0.29, 0.717) is 0 Å². The van der Waals surface area contributed by atoms with Gasteiger partial charge < -0.3 is 4.74 Å². The summed E-state index contributed by atoms with van der Waals surface area (Å²) in [7, 11) is 0. The van der Waals surface area contributed by atoms with Gasteiger partial charge in [-0.1, -0.05) is 83.3 Å². The van der Waals surface area contributed by atoms with Crippen molar-refractivity contribution in [2.75, 3.05) is 6.61 Å². The molecule has 0 aromatic carbocycles. The minimum Gasteiger partial charge on any atom is -0.478 e. The van der Waals surface area contributed by atoms with E-state index in [0.717, 1.165) is 18.9 Å². The molecule has 1 aliphatic rings. The third kappa shape index (κ3) is 13.4. The molecule has 0 N–H and O–H groups in total. The summed E-state index contributed by atoms with van der Waals surface area (Å²) >= 11 is 0. The van der Waals surface area contributed by atoms with Gasteiger partial charge in [-0.2, -0.15) is 0 Å². The summed E-state index contributed by atoms with van der Waals surface area (Å²) < 4.78 is 5.64. The molecule has 152 valence electrons. The fraction of sp³-hybridized carbons (Fsp3) is 0.875. The summed E-state index contributed by atoms with van der Waals surface area (Å²) in [6, 6.07) is 0. The number of hydrogen-bond donors (Lipinski definition) is 0. The van der Waals surface area contributed by atoms with Crippen LogP contribution in [0.3, 0.4) is 0 Å². The average Bonchev–Trinajstić information content (AvgIpc) is 2.96. The van der Waals surface area contributed by atoms with Gasteiger partial charge in [0.25, 0.3) is 0 Å². The van der Waals surface area contributed by atoms with Crippen molar-refractivity contribution in [2.24, 2.45) is 4.99 Å². The van der Waals surface area contributed by atoms with E-state index in [1.54, 1.807) is 0 Å². The highest BCUT2D eigenvalue weighted by atomic mass is 16.5. The molecule has 0 amide bonds. The molecule has 1 aliphatic heterocycles. The first kappa shape index (κ1) is 23.2. The van der Waals surface area contributed by atoms with Crippen molar-refractivity contribution in [2.45, 2.75) is 129 Å². The normalized spacial score (nSPS) is 16.2. The van der Waals surface area contributed by atoms with E-state index in [2.05, 4.69) is 37.9 Å². The van der Waals surface area contributed by atoms with E-state index in [9.17, 15) is 0 Å². The molecule has 2 nitrogen and oxygen atoms in total. The van der Waals surface area contributed by atoms with Crippen molar-refractivity contribution < 1.29 is 4.74 Å². The van der Waals surface area contributed by atoms with Gasteiger partial charge in [-0.3, -0.25) is 0 Å². The lowest BCUT2D eigenvalue weighted by Crippen LogP contribution is -2.17. The minimum atomic E-state index is 0.0136. The highest BCUT2D eigenvalue weighted by Gasteiger charge is 2.25. The van der Waals surface area contributed by atoms with Gasteiger partial charge in [0, 0.05) is 6.42 Å². The van der Waals surface area contributed by atoms with Crippen LogP contribution in [-0.4, -0.2) is 18.0 Å². The van der Waals surface area contributed by atoms with Gasteiger partial charge in [-0.25, -0.2) is 4.99 Å². The monoisotopic (exact) mass is 363 g/mol. The Kier molecular flexibility index (Phi) is 13.7. The minimum absolute atomic E-state index is 0.0136. The molecule has 1 rings (SSSR count). The Morgan fingerprint density at radius 1 is 0.769 bits per heavy atom. The summed E-state index contributed by atoms with van der Waals surface area (Å²) in [5, 5.41) is 0. The molecule has 0 radical (unpaired) electrons. The molecular weight excluding hydrogens is 318 g/mol. The second-order valence-corrected chi connectivity index (χ2v) is 8.65. The molecule has 0 aromatic rings. The van der Waals surface area contributed by atoms with Crippen LogP contribution in [0.5, 0.6) is 0 Å². The Morgan fingerprint density at radius 2 is 1.27 bits per heavy atom. The summed E-state index contributed by atoms with van der Waals surface area (Å²) in [5.41, 5.74) is 0.0136. The molecule has 0 saturated heterocycles. The smallest absolute Gasteiger partial charge is 0.183 e. The second kappa shape index (κ2) is 15.3. The third-order valence-electron chi connectivity index (χ3n) is 5.17. The van der Waals surface area contributed by atoms with E-state index in [4.69, 9.17) is 4.74 Å². The van der Waals surface area contributed by atoms with E-state index in [1.807, 2.05) is 0 Å². The first-order chi connectivity index (χ1) is 12.6. The van der Waals surface area contributed by atoms with Gasteiger partial charge in [-0.15, -0.1) is 0 Å². The Morgan fingerprint density at radius 3 is 1.77 bits per heavy atom. The molecule has 26 heavy (non-hydrogen) atoms. The van der Waals surface area contributed by atoms with Crippen molar-refractivity contribution in [1.29, 1.82) is 0 Å². The zero-order valence-corrected chi connectivity index (χ0v) is 18.0. The Hall–Kier alpha value is -0.790. The molecule has 2 heteroatoms. The number of allylic oxidation sites excluding steroid dienone is 2. The fourth-order valence-corrected chi connectivity index (χ4v) is 3.49. The molecule has 0 saturated carbocycles. The van der Waals surface area contributed by atoms with Crippen LogP contribution in [-0.2, 0) is 4.74 Å². The van der Waals surface area contributed by atoms with Crippen molar-refractivity contribution in [3.63, 3.8) is 0 Å². The average molecular weight is 364 g/mol. The Balaban J connectivity index is 1.75. The third-order valence-corrected chi connectivity index (χ3v) is 5.17. The van der Waals surface area contributed by atoms with Crippen LogP contribution in [0.2, 0.25) is 0 Å². The quantitative estimate of drug-likeness (QED) is 0.189. The highest BCUT2D eigenvalue weighted by molar-refractivity contribution is 5.78. The van der Waals surface area contributed by atoms with Crippen molar-refractivity contribution >= 4 is 5.90 Å². The number of hydrogen-bond acceptors (Lipinski definition) is 2. The molecule has 0 aromatic heterocycles. The largest absolute Gasteiger partial charge is 0.478 e. The predicted octanol–water partition coefficient (Wildman–Crippen LogP) is 8.01. The zero-order chi connectivity index (χ0) is 18.9. The van der Waals surface area contributed by atoms with Crippen molar-refractivity contribution in [1.82, 2.24) is 0 Å². The molecule has 0 aliphatic carbocycles. The van der Waals surface area contributed by atoms with Gasteiger partial charge >= 0.3 is 0 Å². The van der Waals surface area contributed by atoms with Crippen molar-refractivity contribution in [3.8, 4) is 0 Å². The van der Waals surface area contributed by atoms with Crippen LogP contribution in [0.15, 0.2) is 17.1 Å². The summed E-state index contributed by atoms with van der Waals surface area (Å²) in [5.74, 6) is 0.991. The van der Waals surface area contributed by atoms with Gasteiger partial charge in [0.1, 0.15) is 6.61 Å². The number of rotatable bonds is 17. The number of unbranched alkanes of at least 4 members (excludes halogenated alkanes) is 13. The van der Waals surface area contributed by atoms with Crippen LogP contribution in [0.4, 0.5) is 0 Å². The molecule has 0 unspecified atom stereocenters. The molecule has 0 atom stereocenters. The molecule has 0 fully saturated rings. The maximum Gasteiger partial charge on any atom is 0.183 e. The first-order valence-corrected chi connectivity index (χ1v) is 11.5. The Labute approximate surface area is 163 Å². The van der Waals surface area contributed by atoms with Crippen LogP contribution < -0.4 is 0 Å². The topological polar surface area (TPSA) is 21.6 Å². The number of nitrogens with zero attached hydrogens (tertiary/aromatic N) is 1. The molecule has 0 spiro atoms. The van der Waals surface area contributed by atoms with Crippen LogP contribution >= 0.6 is 0 Å².